The van der Waals surface area contributed by atoms with E-state index in [0.717, 1.165) is 13.0 Å². The second-order valence-electron chi connectivity index (χ2n) is 3.64. The zero-order valence-corrected chi connectivity index (χ0v) is 10.2. The van der Waals surface area contributed by atoms with Gasteiger partial charge in [0.15, 0.2) is 0 Å². The number of nitrogens with zero attached hydrogens (tertiary/aromatic N) is 2. The van der Waals surface area contributed by atoms with E-state index < -0.39 is 0 Å². The molecule has 0 spiro atoms. The van der Waals surface area contributed by atoms with Crippen molar-refractivity contribution in [2.75, 3.05) is 18.5 Å². The molecule has 0 fully saturated rings. The molecule has 1 heterocycles. The lowest BCUT2D eigenvalue weighted by molar-refractivity contribution is 0.326. The molecule has 0 saturated heterocycles. The van der Waals surface area contributed by atoms with E-state index in [9.17, 15) is 0 Å². The van der Waals surface area contributed by atoms with Gasteiger partial charge in [-0.05, 0) is 13.3 Å². The van der Waals surface area contributed by atoms with Gasteiger partial charge >= 0.3 is 0 Å². The standard InChI is InChI=1S/C12H21N3O/c1-3-5-6-7-9-13-12-14-10-8-11(15-12)16-4-2/h8,10H,3-7,9H2,1-2H3,(H,13,14,15). The lowest BCUT2D eigenvalue weighted by atomic mass is 10.2. The number of aromatic nitrogens is 2. The number of hydrogen-bond donors (Lipinski definition) is 1. The molecule has 0 amide bonds. The van der Waals surface area contributed by atoms with Crippen LogP contribution in [-0.2, 0) is 0 Å². The maximum Gasteiger partial charge on any atom is 0.225 e. The molecule has 1 aromatic heterocycles. The average Bonchev–Trinajstić information content (AvgIpc) is 2.30. The molecule has 0 atom stereocenters. The third-order valence-corrected chi connectivity index (χ3v) is 2.24. The Morgan fingerprint density at radius 1 is 1.25 bits per heavy atom. The minimum atomic E-state index is 0.632. The molecule has 90 valence electrons. The number of hydrogen-bond acceptors (Lipinski definition) is 4. The van der Waals surface area contributed by atoms with Gasteiger partial charge in [-0.25, -0.2) is 4.98 Å². The van der Waals surface area contributed by atoms with Crippen molar-refractivity contribution in [2.24, 2.45) is 0 Å². The molecular weight excluding hydrogens is 202 g/mol. The van der Waals surface area contributed by atoms with Gasteiger partial charge in [0.1, 0.15) is 0 Å². The van der Waals surface area contributed by atoms with E-state index in [2.05, 4.69) is 22.2 Å². The van der Waals surface area contributed by atoms with Crippen molar-refractivity contribution in [1.82, 2.24) is 9.97 Å². The van der Waals surface area contributed by atoms with Crippen LogP contribution in [0, 0.1) is 0 Å². The monoisotopic (exact) mass is 223 g/mol. The lowest BCUT2D eigenvalue weighted by Crippen LogP contribution is -2.06. The first-order chi connectivity index (χ1) is 7.86. The number of anilines is 1. The summed E-state index contributed by atoms with van der Waals surface area (Å²) in [5.41, 5.74) is 0. The van der Waals surface area contributed by atoms with Crippen LogP contribution in [0.3, 0.4) is 0 Å². The summed E-state index contributed by atoms with van der Waals surface area (Å²) in [4.78, 5) is 8.37. The van der Waals surface area contributed by atoms with Gasteiger partial charge in [-0.1, -0.05) is 26.2 Å². The number of rotatable bonds is 8. The van der Waals surface area contributed by atoms with E-state index in [-0.39, 0.29) is 0 Å². The van der Waals surface area contributed by atoms with E-state index in [0.29, 0.717) is 18.4 Å². The highest BCUT2D eigenvalue weighted by Gasteiger charge is 1.98. The molecule has 0 aliphatic carbocycles. The van der Waals surface area contributed by atoms with E-state index >= 15 is 0 Å². The topological polar surface area (TPSA) is 47.0 Å². The Kier molecular flexibility index (Phi) is 6.30. The summed E-state index contributed by atoms with van der Waals surface area (Å²) in [5, 5.41) is 3.20. The largest absolute Gasteiger partial charge is 0.478 e. The first kappa shape index (κ1) is 12.7. The van der Waals surface area contributed by atoms with Crippen LogP contribution in [0.25, 0.3) is 0 Å². The lowest BCUT2D eigenvalue weighted by Gasteiger charge is -2.06. The second-order valence-corrected chi connectivity index (χ2v) is 3.64. The van der Waals surface area contributed by atoms with Gasteiger partial charge in [-0.3, -0.25) is 0 Å². The highest BCUT2D eigenvalue weighted by Crippen LogP contribution is 2.08. The fourth-order valence-electron chi connectivity index (χ4n) is 1.41. The smallest absolute Gasteiger partial charge is 0.225 e. The molecule has 0 bridgehead atoms. The van der Waals surface area contributed by atoms with Crippen LogP contribution in [0.2, 0.25) is 0 Å². The molecule has 0 unspecified atom stereocenters. The molecule has 1 N–H and O–H groups in total. The van der Waals surface area contributed by atoms with Gasteiger partial charge in [-0.15, -0.1) is 0 Å². The van der Waals surface area contributed by atoms with E-state index in [1.54, 1.807) is 12.3 Å². The Balaban J connectivity index is 2.27. The van der Waals surface area contributed by atoms with Gasteiger partial charge in [0.25, 0.3) is 0 Å². The van der Waals surface area contributed by atoms with Crippen LogP contribution >= 0.6 is 0 Å². The van der Waals surface area contributed by atoms with E-state index in [1.807, 2.05) is 6.92 Å². The Hall–Kier alpha value is -1.32. The summed E-state index contributed by atoms with van der Waals surface area (Å²) in [6.07, 6.45) is 6.69. The van der Waals surface area contributed by atoms with Gasteiger partial charge in [0.05, 0.1) is 6.61 Å². The minimum absolute atomic E-state index is 0.632. The number of nitrogens with one attached hydrogen (secondary N) is 1. The van der Waals surface area contributed by atoms with Crippen molar-refractivity contribution >= 4 is 5.95 Å². The summed E-state index contributed by atoms with van der Waals surface area (Å²) in [5.74, 6) is 1.29. The summed E-state index contributed by atoms with van der Waals surface area (Å²) >= 11 is 0. The molecule has 1 rings (SSSR count). The van der Waals surface area contributed by atoms with Crippen molar-refractivity contribution in [2.45, 2.75) is 39.5 Å². The number of unbranched alkanes of at least 4 members (excludes halogenated alkanes) is 3. The predicted molar refractivity (Wildman–Crippen MR) is 65.8 cm³/mol. The van der Waals surface area contributed by atoms with Crippen LogP contribution in [0.5, 0.6) is 5.88 Å². The molecule has 0 aliphatic rings. The first-order valence-electron chi connectivity index (χ1n) is 6.06. The minimum Gasteiger partial charge on any atom is -0.478 e. The van der Waals surface area contributed by atoms with Gasteiger partial charge in [0.2, 0.25) is 11.8 Å². The van der Waals surface area contributed by atoms with Gasteiger partial charge in [0, 0.05) is 18.8 Å². The highest BCUT2D eigenvalue weighted by atomic mass is 16.5. The Morgan fingerprint density at radius 2 is 2.12 bits per heavy atom. The quantitative estimate of drug-likeness (QED) is 0.688. The van der Waals surface area contributed by atoms with Crippen molar-refractivity contribution in [1.29, 1.82) is 0 Å². The maximum absolute atomic E-state index is 5.30. The van der Waals surface area contributed by atoms with E-state index in [4.69, 9.17) is 4.74 Å². The van der Waals surface area contributed by atoms with Gasteiger partial charge in [-0.2, -0.15) is 4.98 Å². The van der Waals surface area contributed by atoms with Crippen molar-refractivity contribution in [3.63, 3.8) is 0 Å². The van der Waals surface area contributed by atoms with E-state index in [1.165, 1.54) is 19.3 Å². The molecule has 16 heavy (non-hydrogen) atoms. The zero-order chi connectivity index (χ0) is 11.6. The Morgan fingerprint density at radius 3 is 2.88 bits per heavy atom. The molecule has 4 heteroatoms. The van der Waals surface area contributed by atoms with Crippen molar-refractivity contribution in [3.05, 3.63) is 12.3 Å². The first-order valence-corrected chi connectivity index (χ1v) is 6.06. The average molecular weight is 223 g/mol. The van der Waals surface area contributed by atoms with Crippen LogP contribution in [0.4, 0.5) is 5.95 Å². The predicted octanol–water partition coefficient (Wildman–Crippen LogP) is 2.87. The fourth-order valence-corrected chi connectivity index (χ4v) is 1.41. The zero-order valence-electron chi connectivity index (χ0n) is 10.2. The third kappa shape index (κ3) is 4.96. The molecule has 0 saturated carbocycles. The molecule has 0 aliphatic heterocycles. The maximum atomic E-state index is 5.30. The van der Waals surface area contributed by atoms with Gasteiger partial charge < -0.3 is 10.1 Å². The summed E-state index contributed by atoms with van der Waals surface area (Å²) < 4.78 is 5.30. The molecule has 1 aromatic rings. The third-order valence-electron chi connectivity index (χ3n) is 2.24. The summed E-state index contributed by atoms with van der Waals surface area (Å²) in [6.45, 7) is 5.71. The Bertz CT molecular complexity index is 291. The SMILES string of the molecule is CCCCCCNc1nccc(OCC)n1. The highest BCUT2D eigenvalue weighted by molar-refractivity contribution is 5.27. The van der Waals surface area contributed by atoms with Crippen LogP contribution in [0.1, 0.15) is 39.5 Å². The molecule has 0 aromatic carbocycles. The Labute approximate surface area is 97.5 Å². The summed E-state index contributed by atoms with van der Waals surface area (Å²) in [7, 11) is 0. The molecular formula is C12H21N3O. The second kappa shape index (κ2) is 7.91. The van der Waals surface area contributed by atoms with Crippen LogP contribution in [-0.4, -0.2) is 23.1 Å². The molecule has 4 nitrogen and oxygen atoms in total. The summed E-state index contributed by atoms with van der Waals surface area (Å²) in [6, 6.07) is 1.77. The normalized spacial score (nSPS) is 10.1. The van der Waals surface area contributed by atoms with Crippen molar-refractivity contribution in [3.8, 4) is 5.88 Å². The number of ether oxygens (including phenoxy) is 1. The van der Waals surface area contributed by atoms with Crippen LogP contribution < -0.4 is 10.1 Å². The van der Waals surface area contributed by atoms with Crippen LogP contribution in [0.15, 0.2) is 12.3 Å². The van der Waals surface area contributed by atoms with Crippen molar-refractivity contribution < 1.29 is 4.74 Å². The fraction of sp³-hybridized carbons (Fsp3) is 0.667. The molecule has 0 radical (unpaired) electrons.